The predicted molar refractivity (Wildman–Crippen MR) is 97.5 cm³/mol. The smallest absolute Gasteiger partial charge is 0.344 e. The Morgan fingerprint density at radius 1 is 1.00 bits per heavy atom. The number of halogens is 1. The number of carbonyl (C=O) groups is 1. The Bertz CT molecular complexity index is 870. The SMILES string of the molecule is O=C(COc1cccc(Cl)c1)OCc1ccccc1Oc1cccnc1. The van der Waals surface area contributed by atoms with Crippen LogP contribution in [0.2, 0.25) is 5.02 Å². The van der Waals surface area contributed by atoms with Crippen LogP contribution in [0.25, 0.3) is 0 Å². The first-order valence-electron chi connectivity index (χ1n) is 7.90. The maximum atomic E-state index is 11.9. The molecule has 0 aliphatic rings. The van der Waals surface area contributed by atoms with Crippen molar-refractivity contribution in [2.75, 3.05) is 6.61 Å². The molecule has 6 heteroatoms. The van der Waals surface area contributed by atoms with Crippen LogP contribution < -0.4 is 9.47 Å². The van der Waals surface area contributed by atoms with Crippen molar-refractivity contribution >= 4 is 17.6 Å². The molecule has 0 aliphatic heterocycles. The van der Waals surface area contributed by atoms with E-state index in [0.29, 0.717) is 22.3 Å². The molecule has 1 aromatic heterocycles. The van der Waals surface area contributed by atoms with Gasteiger partial charge in [-0.05, 0) is 36.4 Å². The molecule has 132 valence electrons. The Hall–Kier alpha value is -3.05. The summed E-state index contributed by atoms with van der Waals surface area (Å²) in [6, 6.07) is 17.7. The molecule has 0 saturated carbocycles. The van der Waals surface area contributed by atoms with Gasteiger partial charge in [-0.15, -0.1) is 0 Å². The van der Waals surface area contributed by atoms with Gasteiger partial charge in [0.25, 0.3) is 0 Å². The monoisotopic (exact) mass is 369 g/mol. The third-order valence-corrected chi connectivity index (χ3v) is 3.61. The van der Waals surface area contributed by atoms with Crippen molar-refractivity contribution in [2.45, 2.75) is 6.61 Å². The number of pyridine rings is 1. The van der Waals surface area contributed by atoms with Crippen molar-refractivity contribution < 1.29 is 19.0 Å². The predicted octanol–water partition coefficient (Wildman–Crippen LogP) is 4.65. The minimum absolute atomic E-state index is 0.0776. The Labute approximate surface area is 156 Å². The second-order valence-electron chi connectivity index (χ2n) is 5.31. The average molecular weight is 370 g/mol. The molecule has 0 fully saturated rings. The summed E-state index contributed by atoms with van der Waals surface area (Å²) in [5, 5.41) is 0.539. The van der Waals surface area contributed by atoms with Crippen molar-refractivity contribution in [3.05, 3.63) is 83.6 Å². The average Bonchev–Trinajstić information content (AvgIpc) is 2.66. The zero-order valence-electron chi connectivity index (χ0n) is 13.8. The third kappa shape index (κ3) is 5.22. The zero-order chi connectivity index (χ0) is 18.2. The normalized spacial score (nSPS) is 10.2. The van der Waals surface area contributed by atoms with E-state index in [0.717, 1.165) is 5.56 Å². The lowest BCUT2D eigenvalue weighted by Gasteiger charge is -2.11. The van der Waals surface area contributed by atoms with Crippen LogP contribution in [0, 0.1) is 0 Å². The van der Waals surface area contributed by atoms with E-state index in [9.17, 15) is 4.79 Å². The summed E-state index contributed by atoms with van der Waals surface area (Å²) in [5.41, 5.74) is 0.743. The first-order valence-corrected chi connectivity index (χ1v) is 8.28. The van der Waals surface area contributed by atoms with Crippen molar-refractivity contribution in [3.63, 3.8) is 0 Å². The van der Waals surface area contributed by atoms with E-state index in [-0.39, 0.29) is 13.2 Å². The summed E-state index contributed by atoms with van der Waals surface area (Å²) in [6.07, 6.45) is 3.28. The molecular weight excluding hydrogens is 354 g/mol. The van der Waals surface area contributed by atoms with Crippen LogP contribution in [-0.2, 0) is 16.1 Å². The molecule has 0 amide bonds. The van der Waals surface area contributed by atoms with Crippen molar-refractivity contribution in [1.29, 1.82) is 0 Å². The Balaban J connectivity index is 1.55. The molecule has 3 rings (SSSR count). The highest BCUT2D eigenvalue weighted by atomic mass is 35.5. The molecule has 26 heavy (non-hydrogen) atoms. The molecule has 0 unspecified atom stereocenters. The van der Waals surface area contributed by atoms with E-state index < -0.39 is 5.97 Å². The number of benzene rings is 2. The van der Waals surface area contributed by atoms with Crippen LogP contribution in [0.3, 0.4) is 0 Å². The molecule has 0 atom stereocenters. The van der Waals surface area contributed by atoms with E-state index in [1.807, 2.05) is 18.2 Å². The fourth-order valence-electron chi connectivity index (χ4n) is 2.16. The highest BCUT2D eigenvalue weighted by Gasteiger charge is 2.09. The lowest BCUT2D eigenvalue weighted by atomic mass is 10.2. The summed E-state index contributed by atoms with van der Waals surface area (Å²) in [7, 11) is 0. The van der Waals surface area contributed by atoms with Gasteiger partial charge in [-0.1, -0.05) is 35.9 Å². The number of rotatable bonds is 7. The van der Waals surface area contributed by atoms with Crippen LogP contribution in [0.4, 0.5) is 0 Å². The molecule has 3 aromatic rings. The van der Waals surface area contributed by atoms with Gasteiger partial charge in [0.05, 0.1) is 6.20 Å². The number of aromatic nitrogens is 1. The van der Waals surface area contributed by atoms with Gasteiger partial charge in [0.2, 0.25) is 0 Å². The van der Waals surface area contributed by atoms with E-state index in [1.165, 1.54) is 0 Å². The fraction of sp³-hybridized carbons (Fsp3) is 0.100. The Morgan fingerprint density at radius 3 is 2.65 bits per heavy atom. The lowest BCUT2D eigenvalue weighted by Crippen LogP contribution is -2.15. The number of hydrogen-bond acceptors (Lipinski definition) is 5. The van der Waals surface area contributed by atoms with E-state index in [1.54, 1.807) is 54.9 Å². The number of ether oxygens (including phenoxy) is 3. The van der Waals surface area contributed by atoms with Crippen LogP contribution in [-0.4, -0.2) is 17.6 Å². The van der Waals surface area contributed by atoms with Gasteiger partial charge in [0, 0.05) is 16.8 Å². The van der Waals surface area contributed by atoms with E-state index in [2.05, 4.69) is 4.98 Å². The summed E-state index contributed by atoms with van der Waals surface area (Å²) in [5.74, 6) is 1.23. The first-order chi connectivity index (χ1) is 12.7. The molecule has 0 spiro atoms. The van der Waals surface area contributed by atoms with Gasteiger partial charge in [-0.25, -0.2) is 4.79 Å². The highest BCUT2D eigenvalue weighted by molar-refractivity contribution is 6.30. The number of esters is 1. The van der Waals surface area contributed by atoms with Crippen molar-refractivity contribution in [1.82, 2.24) is 4.98 Å². The summed E-state index contributed by atoms with van der Waals surface area (Å²) < 4.78 is 16.4. The molecule has 0 bridgehead atoms. The van der Waals surface area contributed by atoms with Crippen LogP contribution >= 0.6 is 11.6 Å². The second-order valence-corrected chi connectivity index (χ2v) is 5.74. The summed E-state index contributed by atoms with van der Waals surface area (Å²) >= 11 is 5.87. The van der Waals surface area contributed by atoms with Crippen LogP contribution in [0.15, 0.2) is 73.1 Å². The molecular formula is C20H16ClNO4. The van der Waals surface area contributed by atoms with Gasteiger partial charge in [0.1, 0.15) is 23.9 Å². The van der Waals surface area contributed by atoms with Gasteiger partial charge in [-0.3, -0.25) is 4.98 Å². The van der Waals surface area contributed by atoms with Gasteiger partial charge >= 0.3 is 5.97 Å². The molecule has 5 nitrogen and oxygen atoms in total. The van der Waals surface area contributed by atoms with Crippen molar-refractivity contribution in [3.8, 4) is 17.2 Å². The Morgan fingerprint density at radius 2 is 1.85 bits per heavy atom. The molecule has 0 N–H and O–H groups in total. The number of hydrogen-bond donors (Lipinski definition) is 0. The summed E-state index contributed by atoms with van der Waals surface area (Å²) in [6.45, 7) is -0.125. The number of carbonyl (C=O) groups excluding carboxylic acids is 1. The third-order valence-electron chi connectivity index (χ3n) is 3.38. The fourth-order valence-corrected chi connectivity index (χ4v) is 2.34. The maximum Gasteiger partial charge on any atom is 0.344 e. The molecule has 0 saturated heterocycles. The highest BCUT2D eigenvalue weighted by Crippen LogP contribution is 2.25. The molecule has 0 radical (unpaired) electrons. The van der Waals surface area contributed by atoms with E-state index in [4.69, 9.17) is 25.8 Å². The van der Waals surface area contributed by atoms with E-state index >= 15 is 0 Å². The van der Waals surface area contributed by atoms with Crippen molar-refractivity contribution in [2.24, 2.45) is 0 Å². The van der Waals surface area contributed by atoms with Gasteiger partial charge in [-0.2, -0.15) is 0 Å². The van der Waals surface area contributed by atoms with Crippen LogP contribution in [0.1, 0.15) is 5.56 Å². The second kappa shape index (κ2) is 8.87. The number of nitrogens with zero attached hydrogens (tertiary/aromatic N) is 1. The van der Waals surface area contributed by atoms with Crippen LogP contribution in [0.5, 0.6) is 17.2 Å². The van der Waals surface area contributed by atoms with Gasteiger partial charge in [0.15, 0.2) is 6.61 Å². The topological polar surface area (TPSA) is 57.7 Å². The largest absolute Gasteiger partial charge is 0.482 e. The molecule has 1 heterocycles. The van der Waals surface area contributed by atoms with Gasteiger partial charge < -0.3 is 14.2 Å². The Kier molecular flexibility index (Phi) is 6.06. The maximum absolute atomic E-state index is 11.9. The summed E-state index contributed by atoms with van der Waals surface area (Å²) in [4.78, 5) is 15.9. The first kappa shape index (κ1) is 17.8. The molecule has 2 aromatic carbocycles. The minimum Gasteiger partial charge on any atom is -0.482 e. The quantitative estimate of drug-likeness (QED) is 0.567. The standard InChI is InChI=1S/C20H16ClNO4/c21-16-6-3-7-17(11-16)24-14-20(23)25-13-15-5-1-2-9-19(15)26-18-8-4-10-22-12-18/h1-12H,13-14H2. The number of para-hydroxylation sites is 1. The minimum atomic E-state index is -0.485. The lowest BCUT2D eigenvalue weighted by molar-refractivity contribution is -0.147. The zero-order valence-corrected chi connectivity index (χ0v) is 14.6. The molecule has 0 aliphatic carbocycles.